The summed E-state index contributed by atoms with van der Waals surface area (Å²) in [5.41, 5.74) is 0.116. The maximum Gasteiger partial charge on any atom is 0.299 e. The minimum atomic E-state index is -4.23. The van der Waals surface area contributed by atoms with E-state index in [2.05, 4.69) is 10.1 Å². The van der Waals surface area contributed by atoms with Crippen molar-refractivity contribution in [2.75, 3.05) is 0 Å². The zero-order valence-electron chi connectivity index (χ0n) is 6.32. The van der Waals surface area contributed by atoms with Gasteiger partial charge in [-0.05, 0) is 6.07 Å². The molecule has 68 valence electrons. The van der Waals surface area contributed by atoms with Gasteiger partial charge in [-0.1, -0.05) is 0 Å². The molecule has 1 N–H and O–H groups in total. The molecule has 2 aromatic heterocycles. The van der Waals surface area contributed by atoms with E-state index in [4.69, 9.17) is 4.55 Å². The second kappa shape index (κ2) is 2.51. The lowest BCUT2D eigenvalue weighted by Crippen LogP contribution is -1.98. The van der Waals surface area contributed by atoms with Gasteiger partial charge >= 0.3 is 0 Å². The van der Waals surface area contributed by atoms with Crippen molar-refractivity contribution in [2.45, 2.75) is 4.90 Å². The molecular formula is C6H5N3O3S. The fourth-order valence-electron chi connectivity index (χ4n) is 0.987. The van der Waals surface area contributed by atoms with Crippen LogP contribution in [0, 0.1) is 0 Å². The van der Waals surface area contributed by atoms with E-state index in [9.17, 15) is 8.42 Å². The maximum absolute atomic E-state index is 10.8. The second-order valence-electron chi connectivity index (χ2n) is 2.37. The first-order valence-electron chi connectivity index (χ1n) is 3.35. The molecule has 0 bridgehead atoms. The standard InChI is InChI=1S/C6H5N3O3S/c10-13(11,12)5-4-8-9-3-1-2-7-6(5)9/h1-4H,(H,10,11,12). The van der Waals surface area contributed by atoms with Crippen LogP contribution >= 0.6 is 0 Å². The van der Waals surface area contributed by atoms with Crippen LogP contribution in [-0.4, -0.2) is 27.6 Å². The molecule has 0 spiro atoms. The van der Waals surface area contributed by atoms with Gasteiger partial charge in [-0.3, -0.25) is 4.55 Å². The van der Waals surface area contributed by atoms with E-state index in [1.807, 2.05) is 0 Å². The molecule has 0 fully saturated rings. The smallest absolute Gasteiger partial charge is 0.282 e. The summed E-state index contributed by atoms with van der Waals surface area (Å²) in [6.45, 7) is 0. The van der Waals surface area contributed by atoms with Crippen LogP contribution in [0.15, 0.2) is 29.6 Å². The molecule has 0 saturated carbocycles. The maximum atomic E-state index is 10.8. The molecule has 6 nitrogen and oxygen atoms in total. The molecule has 13 heavy (non-hydrogen) atoms. The summed E-state index contributed by atoms with van der Waals surface area (Å²) >= 11 is 0. The molecular weight excluding hydrogens is 194 g/mol. The van der Waals surface area contributed by atoms with Crippen molar-refractivity contribution in [2.24, 2.45) is 0 Å². The highest BCUT2D eigenvalue weighted by Crippen LogP contribution is 2.12. The molecule has 0 aliphatic carbocycles. The summed E-state index contributed by atoms with van der Waals surface area (Å²) in [4.78, 5) is 3.48. The quantitative estimate of drug-likeness (QED) is 0.652. The third-order valence-electron chi connectivity index (χ3n) is 1.52. The number of nitrogens with zero attached hydrogens (tertiary/aromatic N) is 3. The SMILES string of the molecule is O=S(=O)(O)c1cnn2cccnc12. The van der Waals surface area contributed by atoms with Gasteiger partial charge in [-0.25, -0.2) is 9.50 Å². The zero-order chi connectivity index (χ0) is 9.47. The molecule has 0 aliphatic heterocycles. The largest absolute Gasteiger partial charge is 0.299 e. The van der Waals surface area contributed by atoms with E-state index in [0.717, 1.165) is 6.20 Å². The van der Waals surface area contributed by atoms with Gasteiger partial charge in [0.2, 0.25) is 0 Å². The number of hydrogen-bond donors (Lipinski definition) is 1. The molecule has 2 aromatic rings. The van der Waals surface area contributed by atoms with Gasteiger partial charge in [0.05, 0.1) is 6.20 Å². The van der Waals surface area contributed by atoms with Crippen LogP contribution in [0.1, 0.15) is 0 Å². The van der Waals surface area contributed by atoms with Crippen molar-refractivity contribution in [3.63, 3.8) is 0 Å². The van der Waals surface area contributed by atoms with E-state index >= 15 is 0 Å². The fraction of sp³-hybridized carbons (Fsp3) is 0. The van der Waals surface area contributed by atoms with Gasteiger partial charge in [0.15, 0.2) is 10.5 Å². The second-order valence-corrected chi connectivity index (χ2v) is 3.76. The van der Waals surface area contributed by atoms with Crippen molar-refractivity contribution in [1.82, 2.24) is 14.6 Å². The van der Waals surface area contributed by atoms with Crippen molar-refractivity contribution < 1.29 is 13.0 Å². The fourth-order valence-corrected chi connectivity index (χ4v) is 1.54. The predicted molar refractivity (Wildman–Crippen MR) is 42.8 cm³/mol. The number of rotatable bonds is 1. The molecule has 0 amide bonds. The van der Waals surface area contributed by atoms with E-state index in [0.29, 0.717) is 0 Å². The topological polar surface area (TPSA) is 84.6 Å². The first-order valence-corrected chi connectivity index (χ1v) is 4.79. The summed E-state index contributed by atoms with van der Waals surface area (Å²) in [7, 11) is -4.23. The van der Waals surface area contributed by atoms with Crippen molar-refractivity contribution in [3.8, 4) is 0 Å². The highest BCUT2D eigenvalue weighted by Gasteiger charge is 2.16. The number of hydrogen-bond acceptors (Lipinski definition) is 4. The molecule has 0 unspecified atom stereocenters. The van der Waals surface area contributed by atoms with Crippen molar-refractivity contribution in [1.29, 1.82) is 0 Å². The Balaban J connectivity index is 2.87. The Kier molecular flexibility index (Phi) is 1.57. The minimum absolute atomic E-state index is 0.116. The van der Waals surface area contributed by atoms with Crippen LogP contribution in [0.2, 0.25) is 0 Å². The highest BCUT2D eigenvalue weighted by atomic mass is 32.2. The van der Waals surface area contributed by atoms with Crippen LogP contribution in [-0.2, 0) is 10.1 Å². The molecule has 2 rings (SSSR count). The van der Waals surface area contributed by atoms with Gasteiger partial charge < -0.3 is 0 Å². The van der Waals surface area contributed by atoms with Gasteiger partial charge in [0, 0.05) is 12.4 Å². The van der Waals surface area contributed by atoms with Crippen LogP contribution in [0.25, 0.3) is 5.65 Å². The summed E-state index contributed by atoms with van der Waals surface area (Å²) < 4.78 is 31.6. The summed E-state index contributed by atoms with van der Waals surface area (Å²) in [5.74, 6) is 0. The molecule has 0 atom stereocenters. The monoisotopic (exact) mass is 199 g/mol. The Labute approximate surface area is 73.6 Å². The van der Waals surface area contributed by atoms with E-state index < -0.39 is 10.1 Å². The molecule has 0 radical (unpaired) electrons. The van der Waals surface area contributed by atoms with Crippen LogP contribution in [0.3, 0.4) is 0 Å². The lowest BCUT2D eigenvalue weighted by Gasteiger charge is -1.92. The first kappa shape index (κ1) is 8.14. The zero-order valence-corrected chi connectivity index (χ0v) is 7.14. The average molecular weight is 199 g/mol. The lowest BCUT2D eigenvalue weighted by molar-refractivity contribution is 0.484. The number of aromatic nitrogens is 3. The summed E-state index contributed by atoms with van der Waals surface area (Å²) in [6, 6.07) is 1.60. The van der Waals surface area contributed by atoms with E-state index in [1.165, 1.54) is 16.9 Å². The normalized spacial score (nSPS) is 12.1. The van der Waals surface area contributed by atoms with Gasteiger partial charge in [0.25, 0.3) is 10.1 Å². The van der Waals surface area contributed by atoms with Crippen LogP contribution < -0.4 is 0 Å². The Morgan fingerprint density at radius 1 is 1.46 bits per heavy atom. The Morgan fingerprint density at radius 2 is 2.23 bits per heavy atom. The Hall–Kier alpha value is -1.47. The van der Waals surface area contributed by atoms with Crippen LogP contribution in [0.4, 0.5) is 0 Å². The molecule has 0 saturated heterocycles. The van der Waals surface area contributed by atoms with E-state index in [-0.39, 0.29) is 10.5 Å². The molecule has 0 aliphatic rings. The van der Waals surface area contributed by atoms with Gasteiger partial charge in [0.1, 0.15) is 0 Å². The Bertz CT molecular complexity index is 545. The highest BCUT2D eigenvalue weighted by molar-refractivity contribution is 7.86. The average Bonchev–Trinajstić information content (AvgIpc) is 2.45. The summed E-state index contributed by atoms with van der Waals surface area (Å²) in [6.07, 6.45) is 4.01. The first-order chi connectivity index (χ1) is 6.09. The van der Waals surface area contributed by atoms with Crippen molar-refractivity contribution >= 4 is 15.8 Å². The summed E-state index contributed by atoms with van der Waals surface area (Å²) in [5, 5.41) is 3.70. The third-order valence-corrected chi connectivity index (χ3v) is 2.37. The number of fused-ring (bicyclic) bond motifs is 1. The Morgan fingerprint density at radius 3 is 2.92 bits per heavy atom. The predicted octanol–water partition coefficient (Wildman–Crippen LogP) is -0.0240. The van der Waals surface area contributed by atoms with Crippen molar-refractivity contribution in [3.05, 3.63) is 24.7 Å². The lowest BCUT2D eigenvalue weighted by atomic mass is 10.6. The molecule has 2 heterocycles. The van der Waals surface area contributed by atoms with E-state index in [1.54, 1.807) is 6.07 Å². The minimum Gasteiger partial charge on any atom is -0.282 e. The van der Waals surface area contributed by atoms with Crippen LogP contribution in [0.5, 0.6) is 0 Å². The molecule has 7 heteroatoms. The molecule has 0 aromatic carbocycles. The third kappa shape index (κ3) is 1.27. The van der Waals surface area contributed by atoms with Gasteiger partial charge in [-0.2, -0.15) is 13.5 Å². The van der Waals surface area contributed by atoms with Gasteiger partial charge in [-0.15, -0.1) is 0 Å².